The van der Waals surface area contributed by atoms with Gasteiger partial charge in [-0.1, -0.05) is 76.9 Å². The van der Waals surface area contributed by atoms with Gasteiger partial charge in [-0.05, 0) is 69.6 Å². The fraction of sp³-hybridized carbons (Fsp3) is 0.917. The largest absolute Gasteiger partial charge is 0.325 e. The quantitative estimate of drug-likeness (QED) is 0.450. The molecule has 1 heteroatoms. The van der Waals surface area contributed by atoms with E-state index in [1.165, 1.54) is 116 Å². The maximum absolute atomic E-state index is 6.84. The Bertz CT molecular complexity index is 361. The summed E-state index contributed by atoms with van der Waals surface area (Å²) >= 11 is 0. The lowest BCUT2D eigenvalue weighted by Crippen LogP contribution is -2.39. The molecule has 2 bridgehead atoms. The maximum atomic E-state index is 6.84. The predicted octanol–water partition coefficient (Wildman–Crippen LogP) is 7.54. The lowest BCUT2D eigenvalue weighted by atomic mass is 9.83. The molecule has 1 nitrogen and oxygen atoms in total. The Balaban J connectivity index is 1.81. The van der Waals surface area contributed by atoms with Crippen molar-refractivity contribution in [2.75, 3.05) is 0 Å². The first kappa shape index (κ1) is 21.0. The molecule has 0 radical (unpaired) electrons. The summed E-state index contributed by atoms with van der Waals surface area (Å²) in [7, 11) is 0. The minimum atomic E-state index is 0.159. The van der Waals surface area contributed by atoms with Crippen molar-refractivity contribution in [2.45, 2.75) is 128 Å². The van der Waals surface area contributed by atoms with Crippen LogP contribution in [0.1, 0.15) is 122 Å². The number of nitrogens with two attached hydrogens (primary N) is 1. The van der Waals surface area contributed by atoms with Crippen molar-refractivity contribution in [1.82, 2.24) is 0 Å². The van der Waals surface area contributed by atoms with Gasteiger partial charge in [0.2, 0.25) is 0 Å². The molecule has 0 aromatic heterocycles. The number of hydrogen-bond acceptors (Lipinski definition) is 1. The van der Waals surface area contributed by atoms with E-state index in [4.69, 9.17) is 5.73 Å². The average molecular weight is 348 g/mol. The average Bonchev–Trinajstić information content (AvgIpc) is 2.79. The summed E-state index contributed by atoms with van der Waals surface area (Å²) in [4.78, 5) is 0. The molecule has 25 heavy (non-hydrogen) atoms. The lowest BCUT2D eigenvalue weighted by Gasteiger charge is -2.29. The molecule has 3 atom stereocenters. The van der Waals surface area contributed by atoms with Crippen LogP contribution in [0.4, 0.5) is 0 Å². The Morgan fingerprint density at radius 3 is 2.08 bits per heavy atom. The Kier molecular flexibility index (Phi) is 10.2. The van der Waals surface area contributed by atoms with Crippen molar-refractivity contribution in [3.05, 3.63) is 12.2 Å². The second-order valence-corrected chi connectivity index (χ2v) is 9.40. The van der Waals surface area contributed by atoms with Crippen molar-refractivity contribution in [3.8, 4) is 0 Å². The first-order valence-corrected chi connectivity index (χ1v) is 11.6. The van der Waals surface area contributed by atoms with Crippen LogP contribution in [-0.2, 0) is 0 Å². The predicted molar refractivity (Wildman–Crippen MR) is 112 cm³/mol. The van der Waals surface area contributed by atoms with Crippen LogP contribution in [0.2, 0.25) is 0 Å². The van der Waals surface area contributed by atoms with E-state index in [1.807, 2.05) is 0 Å². The van der Waals surface area contributed by atoms with Gasteiger partial charge in [-0.3, -0.25) is 0 Å². The molecule has 0 saturated heterocycles. The zero-order valence-corrected chi connectivity index (χ0v) is 17.1. The zero-order valence-electron chi connectivity index (χ0n) is 17.1. The third-order valence-electron chi connectivity index (χ3n) is 6.94. The van der Waals surface area contributed by atoms with Crippen LogP contribution in [-0.4, -0.2) is 5.54 Å². The lowest BCUT2D eigenvalue weighted by molar-refractivity contribution is 0.298. The number of fused-ring (bicyclic) bond motifs is 3. The minimum Gasteiger partial charge on any atom is -0.325 e. The van der Waals surface area contributed by atoms with Gasteiger partial charge in [0.15, 0.2) is 0 Å². The van der Waals surface area contributed by atoms with E-state index in [-0.39, 0.29) is 5.54 Å². The first-order valence-electron chi connectivity index (χ1n) is 11.6. The minimum absolute atomic E-state index is 0.159. The molecule has 0 aromatic rings. The van der Waals surface area contributed by atoms with E-state index >= 15 is 0 Å². The van der Waals surface area contributed by atoms with Crippen molar-refractivity contribution >= 4 is 0 Å². The molecule has 0 aliphatic heterocycles. The second-order valence-electron chi connectivity index (χ2n) is 9.40. The first-order chi connectivity index (χ1) is 12.2. The summed E-state index contributed by atoms with van der Waals surface area (Å²) in [6.45, 7) is 2.46. The van der Waals surface area contributed by atoms with E-state index in [9.17, 15) is 0 Å². The van der Waals surface area contributed by atoms with E-state index in [0.29, 0.717) is 0 Å². The van der Waals surface area contributed by atoms with Crippen LogP contribution < -0.4 is 5.73 Å². The Hall–Kier alpha value is -0.300. The molecular formula is C24H45N. The van der Waals surface area contributed by atoms with Crippen molar-refractivity contribution in [1.29, 1.82) is 0 Å². The Morgan fingerprint density at radius 1 is 0.640 bits per heavy atom. The topological polar surface area (TPSA) is 26.0 Å². The zero-order chi connectivity index (χ0) is 17.8. The molecule has 2 aliphatic carbocycles. The molecular weight excluding hydrogens is 302 g/mol. The normalized spacial score (nSPS) is 36.4. The number of allylic oxidation sites excluding steroid dienone is 2. The fourth-order valence-corrected chi connectivity index (χ4v) is 4.94. The van der Waals surface area contributed by atoms with Gasteiger partial charge >= 0.3 is 0 Å². The van der Waals surface area contributed by atoms with Gasteiger partial charge in [-0.25, -0.2) is 0 Å². The second kappa shape index (κ2) is 12.2. The molecule has 0 heterocycles. The van der Waals surface area contributed by atoms with Gasteiger partial charge in [0, 0.05) is 5.54 Å². The Labute approximate surface area is 158 Å². The molecule has 2 N–H and O–H groups in total. The van der Waals surface area contributed by atoms with E-state index in [1.54, 1.807) is 0 Å². The summed E-state index contributed by atoms with van der Waals surface area (Å²) in [6.07, 6.45) is 29.6. The van der Waals surface area contributed by atoms with Crippen molar-refractivity contribution in [3.63, 3.8) is 0 Å². The highest BCUT2D eigenvalue weighted by Crippen LogP contribution is 2.35. The van der Waals surface area contributed by atoms with Crippen LogP contribution in [0.25, 0.3) is 0 Å². The van der Waals surface area contributed by atoms with E-state index < -0.39 is 0 Å². The van der Waals surface area contributed by atoms with E-state index in [2.05, 4.69) is 19.1 Å². The molecule has 1 saturated carbocycles. The molecule has 146 valence electrons. The van der Waals surface area contributed by atoms with Crippen LogP contribution >= 0.6 is 0 Å². The van der Waals surface area contributed by atoms with E-state index in [0.717, 1.165) is 11.8 Å². The van der Waals surface area contributed by atoms with Crippen molar-refractivity contribution < 1.29 is 0 Å². The molecule has 2 rings (SSSR count). The molecule has 1 fully saturated rings. The molecule has 2 aliphatic rings. The van der Waals surface area contributed by atoms with Gasteiger partial charge in [0.25, 0.3) is 0 Å². The number of rotatable bonds is 0. The summed E-state index contributed by atoms with van der Waals surface area (Å²) < 4.78 is 0. The van der Waals surface area contributed by atoms with Gasteiger partial charge in [0.05, 0.1) is 0 Å². The molecule has 0 spiro atoms. The SMILES string of the molecule is CC1CCCCCCC/C=C\CCCCC2CCCC(N)(CC1)CC2. The summed E-state index contributed by atoms with van der Waals surface area (Å²) in [5, 5.41) is 0. The van der Waals surface area contributed by atoms with Crippen LogP contribution in [0.5, 0.6) is 0 Å². The van der Waals surface area contributed by atoms with Crippen molar-refractivity contribution in [2.24, 2.45) is 17.6 Å². The fourth-order valence-electron chi connectivity index (χ4n) is 4.94. The van der Waals surface area contributed by atoms with Crippen LogP contribution in [0.15, 0.2) is 12.2 Å². The number of hydrogen-bond donors (Lipinski definition) is 1. The van der Waals surface area contributed by atoms with Gasteiger partial charge in [-0.15, -0.1) is 0 Å². The molecule has 0 aromatic carbocycles. The summed E-state index contributed by atoms with van der Waals surface area (Å²) in [5.41, 5.74) is 7.00. The summed E-state index contributed by atoms with van der Waals surface area (Å²) in [5.74, 6) is 1.82. The highest BCUT2D eigenvalue weighted by molar-refractivity contribution is 4.88. The third kappa shape index (κ3) is 9.27. The highest BCUT2D eigenvalue weighted by atomic mass is 14.7. The van der Waals surface area contributed by atoms with Crippen LogP contribution in [0, 0.1) is 11.8 Å². The molecule has 3 unspecified atom stereocenters. The monoisotopic (exact) mass is 347 g/mol. The highest BCUT2D eigenvalue weighted by Gasteiger charge is 2.29. The third-order valence-corrected chi connectivity index (χ3v) is 6.94. The maximum Gasteiger partial charge on any atom is 0.0154 e. The Morgan fingerprint density at radius 2 is 1.24 bits per heavy atom. The summed E-state index contributed by atoms with van der Waals surface area (Å²) in [6, 6.07) is 0. The van der Waals surface area contributed by atoms with Gasteiger partial charge in [0.1, 0.15) is 0 Å². The molecule has 0 amide bonds. The van der Waals surface area contributed by atoms with Crippen LogP contribution in [0.3, 0.4) is 0 Å². The van der Waals surface area contributed by atoms with Gasteiger partial charge < -0.3 is 5.73 Å². The standard InChI is InChI=1S/C24H45N/c1-22-14-11-9-7-5-3-2-4-6-8-10-12-15-23-16-13-19-24(25,20-17-22)21-18-23/h4,6,22-23H,2-3,5,7-21,25H2,1H3/b6-4-. The van der Waals surface area contributed by atoms with Gasteiger partial charge in [-0.2, -0.15) is 0 Å². The smallest absolute Gasteiger partial charge is 0.0154 e.